The van der Waals surface area contributed by atoms with Gasteiger partial charge in [0.05, 0.1) is 5.69 Å². The molecule has 0 bridgehead atoms. The van der Waals surface area contributed by atoms with Crippen molar-refractivity contribution in [3.8, 4) is 0 Å². The minimum Gasteiger partial charge on any atom is -0.368 e. The fraction of sp³-hybridized carbons (Fsp3) is 0.250. The van der Waals surface area contributed by atoms with E-state index in [4.69, 9.17) is 5.73 Å². The highest BCUT2D eigenvalue weighted by atomic mass is 16.2. The minimum atomic E-state index is -0.654. The van der Waals surface area contributed by atoms with E-state index in [-0.39, 0.29) is 12.3 Å². The summed E-state index contributed by atoms with van der Waals surface area (Å²) in [6.07, 6.45) is 3.50. The zero-order valence-corrected chi connectivity index (χ0v) is 14.3. The maximum absolute atomic E-state index is 12.6. The molecule has 0 saturated carbocycles. The van der Waals surface area contributed by atoms with Crippen LogP contribution in [0.15, 0.2) is 53.6 Å². The van der Waals surface area contributed by atoms with Crippen LogP contribution in [0.3, 0.4) is 0 Å². The summed E-state index contributed by atoms with van der Waals surface area (Å²) in [4.78, 5) is 24.5. The predicted molar refractivity (Wildman–Crippen MR) is 101 cm³/mol. The van der Waals surface area contributed by atoms with Gasteiger partial charge in [-0.15, -0.1) is 0 Å². The van der Waals surface area contributed by atoms with E-state index in [1.54, 1.807) is 0 Å². The quantitative estimate of drug-likeness (QED) is 0.888. The van der Waals surface area contributed by atoms with Crippen molar-refractivity contribution >= 4 is 28.9 Å². The summed E-state index contributed by atoms with van der Waals surface area (Å²) in [5.41, 5.74) is 9.95. The largest absolute Gasteiger partial charge is 0.368 e. The molecule has 0 fully saturated rings. The highest BCUT2D eigenvalue weighted by Crippen LogP contribution is 2.27. The third kappa shape index (κ3) is 3.06. The molecule has 3 N–H and O–H groups in total. The number of nitrogens with zero attached hydrogens (tertiary/aromatic N) is 2. The molecule has 0 saturated heterocycles. The molecular weight excluding hydrogens is 328 g/mol. The van der Waals surface area contributed by atoms with Crippen LogP contribution in [0.4, 0.5) is 11.4 Å². The number of rotatable bonds is 4. The van der Waals surface area contributed by atoms with Crippen molar-refractivity contribution in [3.05, 3.63) is 59.7 Å². The lowest BCUT2D eigenvalue weighted by Gasteiger charge is -2.20. The lowest BCUT2D eigenvalue weighted by molar-refractivity contribution is -0.119. The molecule has 2 aromatic rings. The molecule has 1 atom stereocenters. The molecule has 4 rings (SSSR count). The Bertz CT molecular complexity index is 892. The monoisotopic (exact) mass is 348 g/mol. The molecular formula is C20H20N4O2. The maximum atomic E-state index is 12.6. The first-order chi connectivity index (χ1) is 12.6. The van der Waals surface area contributed by atoms with Crippen LogP contribution >= 0.6 is 0 Å². The highest BCUT2D eigenvalue weighted by Gasteiger charge is 2.35. The van der Waals surface area contributed by atoms with E-state index < -0.39 is 11.9 Å². The number of anilines is 2. The number of para-hydroxylation sites is 1. The van der Waals surface area contributed by atoms with Crippen LogP contribution < -0.4 is 16.1 Å². The Morgan fingerprint density at radius 2 is 1.85 bits per heavy atom. The number of benzene rings is 2. The molecule has 2 aliphatic rings. The van der Waals surface area contributed by atoms with Gasteiger partial charge in [0.2, 0.25) is 5.91 Å². The van der Waals surface area contributed by atoms with Crippen LogP contribution in [0.2, 0.25) is 0 Å². The van der Waals surface area contributed by atoms with Crippen LogP contribution in [0.1, 0.15) is 24.0 Å². The first kappa shape index (κ1) is 16.3. The average molecular weight is 348 g/mol. The molecule has 26 heavy (non-hydrogen) atoms. The van der Waals surface area contributed by atoms with Gasteiger partial charge in [0.25, 0.3) is 5.91 Å². The number of primary amides is 1. The van der Waals surface area contributed by atoms with Crippen molar-refractivity contribution in [1.29, 1.82) is 0 Å². The first-order valence-electron chi connectivity index (χ1n) is 8.76. The molecule has 6 heteroatoms. The molecule has 6 nitrogen and oxygen atoms in total. The maximum Gasteiger partial charge on any atom is 0.271 e. The lowest BCUT2D eigenvalue weighted by Crippen LogP contribution is -2.39. The van der Waals surface area contributed by atoms with E-state index in [1.807, 2.05) is 42.5 Å². The second-order valence-electron chi connectivity index (χ2n) is 6.64. The Hall–Kier alpha value is -3.15. The van der Waals surface area contributed by atoms with Gasteiger partial charge in [-0.1, -0.05) is 24.3 Å². The number of nitrogens with two attached hydrogens (primary N) is 1. The van der Waals surface area contributed by atoms with Crippen LogP contribution in [0.25, 0.3) is 0 Å². The summed E-state index contributed by atoms with van der Waals surface area (Å²) in [6, 6.07) is 14.6. The SMILES string of the molecule is NC(=O)C1CC(C(=O)Nc2ccc3c(c2)CCC3)=NN1c1ccccc1. The summed E-state index contributed by atoms with van der Waals surface area (Å²) >= 11 is 0. The Morgan fingerprint density at radius 3 is 2.62 bits per heavy atom. The second kappa shape index (κ2) is 6.63. The first-order valence-corrected chi connectivity index (χ1v) is 8.76. The summed E-state index contributed by atoms with van der Waals surface area (Å²) in [6.45, 7) is 0. The van der Waals surface area contributed by atoms with E-state index in [0.29, 0.717) is 5.71 Å². The van der Waals surface area contributed by atoms with Crippen LogP contribution in [-0.4, -0.2) is 23.6 Å². The number of amides is 2. The fourth-order valence-electron chi connectivity index (χ4n) is 3.54. The normalized spacial score (nSPS) is 18.4. The van der Waals surface area contributed by atoms with Crippen molar-refractivity contribution in [3.63, 3.8) is 0 Å². The van der Waals surface area contributed by atoms with Gasteiger partial charge in [-0.2, -0.15) is 5.10 Å². The molecule has 0 spiro atoms. The summed E-state index contributed by atoms with van der Waals surface area (Å²) < 4.78 is 0. The molecule has 1 aliphatic carbocycles. The number of hydrazone groups is 1. The number of hydrogen-bond acceptors (Lipinski definition) is 4. The van der Waals surface area contributed by atoms with Crippen molar-refractivity contribution in [1.82, 2.24) is 0 Å². The number of fused-ring (bicyclic) bond motifs is 1. The van der Waals surface area contributed by atoms with Crippen molar-refractivity contribution in [2.45, 2.75) is 31.7 Å². The summed E-state index contributed by atoms with van der Waals surface area (Å²) in [7, 11) is 0. The Morgan fingerprint density at radius 1 is 1.08 bits per heavy atom. The summed E-state index contributed by atoms with van der Waals surface area (Å²) in [5.74, 6) is -0.800. The van der Waals surface area contributed by atoms with Gasteiger partial charge >= 0.3 is 0 Å². The smallest absolute Gasteiger partial charge is 0.271 e. The van der Waals surface area contributed by atoms with Gasteiger partial charge in [-0.3, -0.25) is 14.6 Å². The van der Waals surface area contributed by atoms with Gasteiger partial charge in [0.1, 0.15) is 11.8 Å². The lowest BCUT2D eigenvalue weighted by atomic mass is 10.1. The molecule has 2 amide bonds. The van der Waals surface area contributed by atoms with E-state index in [2.05, 4.69) is 16.5 Å². The molecule has 2 aromatic carbocycles. The van der Waals surface area contributed by atoms with E-state index in [0.717, 1.165) is 30.6 Å². The van der Waals surface area contributed by atoms with Crippen LogP contribution in [0.5, 0.6) is 0 Å². The Kier molecular flexibility index (Phi) is 4.16. The van der Waals surface area contributed by atoms with Gasteiger partial charge in [0, 0.05) is 12.1 Å². The topological polar surface area (TPSA) is 87.8 Å². The standard InChI is InChI=1S/C20H20N4O2/c21-19(25)18-12-17(23-24(18)16-7-2-1-3-8-16)20(26)22-15-10-9-13-5-4-6-14(13)11-15/h1-3,7-11,18H,4-6,12H2,(H2,21,25)(H,22,26). The average Bonchev–Trinajstić information content (AvgIpc) is 3.29. The van der Waals surface area contributed by atoms with Crippen molar-refractivity contribution < 1.29 is 9.59 Å². The van der Waals surface area contributed by atoms with Gasteiger partial charge < -0.3 is 11.1 Å². The number of aryl methyl sites for hydroxylation is 2. The summed E-state index contributed by atoms with van der Waals surface area (Å²) in [5, 5.41) is 8.79. The molecule has 0 aromatic heterocycles. The Balaban J connectivity index is 1.55. The van der Waals surface area contributed by atoms with Gasteiger partial charge in [0.15, 0.2) is 0 Å². The molecule has 1 aliphatic heterocycles. The third-order valence-electron chi connectivity index (χ3n) is 4.88. The minimum absolute atomic E-state index is 0.195. The van der Waals surface area contributed by atoms with Crippen LogP contribution in [-0.2, 0) is 22.4 Å². The number of carbonyl (C=O) groups excluding carboxylic acids is 2. The van der Waals surface area contributed by atoms with Crippen molar-refractivity contribution in [2.24, 2.45) is 10.8 Å². The fourth-order valence-corrected chi connectivity index (χ4v) is 3.54. The number of hydrogen-bond donors (Lipinski definition) is 2. The number of carbonyl (C=O) groups is 2. The molecule has 1 heterocycles. The van der Waals surface area contributed by atoms with Crippen LogP contribution in [0, 0.1) is 0 Å². The second-order valence-corrected chi connectivity index (χ2v) is 6.64. The molecule has 0 radical (unpaired) electrons. The van der Waals surface area contributed by atoms with Gasteiger partial charge in [-0.05, 0) is 54.7 Å². The molecule has 132 valence electrons. The predicted octanol–water partition coefficient (Wildman–Crippen LogP) is 2.23. The zero-order chi connectivity index (χ0) is 18.1. The van der Waals surface area contributed by atoms with E-state index in [9.17, 15) is 9.59 Å². The van der Waals surface area contributed by atoms with Gasteiger partial charge in [-0.25, -0.2) is 0 Å². The third-order valence-corrected chi connectivity index (χ3v) is 4.88. The Labute approximate surface area is 151 Å². The van der Waals surface area contributed by atoms with E-state index >= 15 is 0 Å². The molecule has 1 unspecified atom stereocenters. The zero-order valence-electron chi connectivity index (χ0n) is 14.3. The van der Waals surface area contributed by atoms with E-state index in [1.165, 1.54) is 16.1 Å². The number of nitrogens with one attached hydrogen (secondary N) is 1. The van der Waals surface area contributed by atoms with Crippen molar-refractivity contribution in [2.75, 3.05) is 10.3 Å². The highest BCUT2D eigenvalue weighted by molar-refractivity contribution is 6.44.